The molecule has 1 aromatic heterocycles. The molecule has 122 valence electrons. The number of carbonyl (C=O) groups is 1. The van der Waals surface area contributed by atoms with Crippen molar-refractivity contribution in [1.82, 2.24) is 15.0 Å². The van der Waals surface area contributed by atoms with E-state index >= 15 is 0 Å². The van der Waals surface area contributed by atoms with Gasteiger partial charge in [-0.1, -0.05) is 28.9 Å². The Bertz CT molecular complexity index is 917. The van der Waals surface area contributed by atoms with Gasteiger partial charge in [0.05, 0.1) is 11.4 Å². The van der Waals surface area contributed by atoms with Gasteiger partial charge in [0, 0.05) is 10.7 Å². The van der Waals surface area contributed by atoms with E-state index < -0.39 is 0 Å². The van der Waals surface area contributed by atoms with E-state index in [1.165, 1.54) is 5.56 Å². The molecule has 6 heteroatoms. The maximum absolute atomic E-state index is 12.5. The highest BCUT2D eigenvalue weighted by Crippen LogP contribution is 2.18. The van der Waals surface area contributed by atoms with Crippen LogP contribution in [0.4, 0.5) is 5.69 Å². The van der Waals surface area contributed by atoms with Crippen molar-refractivity contribution in [2.24, 2.45) is 0 Å². The Morgan fingerprint density at radius 3 is 2.58 bits per heavy atom. The van der Waals surface area contributed by atoms with Crippen molar-refractivity contribution in [2.45, 2.75) is 20.8 Å². The van der Waals surface area contributed by atoms with Crippen LogP contribution in [0.25, 0.3) is 5.69 Å². The Kier molecular flexibility index (Phi) is 4.36. The number of nitrogens with one attached hydrogen (secondary N) is 1. The number of benzene rings is 2. The van der Waals surface area contributed by atoms with Gasteiger partial charge in [-0.2, -0.15) is 0 Å². The number of halogens is 1. The fourth-order valence-corrected chi connectivity index (χ4v) is 2.59. The van der Waals surface area contributed by atoms with Crippen LogP contribution in [-0.2, 0) is 0 Å². The monoisotopic (exact) mass is 340 g/mol. The topological polar surface area (TPSA) is 59.8 Å². The van der Waals surface area contributed by atoms with Crippen LogP contribution < -0.4 is 5.32 Å². The van der Waals surface area contributed by atoms with Crippen molar-refractivity contribution in [3.8, 4) is 5.69 Å². The number of carbonyl (C=O) groups excluding carboxylic acids is 1. The van der Waals surface area contributed by atoms with Crippen LogP contribution in [0.2, 0.25) is 5.02 Å². The fraction of sp³-hybridized carbons (Fsp3) is 0.167. The smallest absolute Gasteiger partial charge is 0.278 e. The lowest BCUT2D eigenvalue weighted by Gasteiger charge is -2.07. The first-order valence-electron chi connectivity index (χ1n) is 7.52. The van der Waals surface area contributed by atoms with Crippen molar-refractivity contribution in [3.63, 3.8) is 0 Å². The van der Waals surface area contributed by atoms with E-state index in [4.69, 9.17) is 11.6 Å². The van der Waals surface area contributed by atoms with Crippen LogP contribution in [0.3, 0.4) is 0 Å². The van der Waals surface area contributed by atoms with E-state index in [1.807, 2.05) is 44.2 Å². The lowest BCUT2D eigenvalue weighted by molar-refractivity contribution is 0.102. The van der Waals surface area contributed by atoms with Crippen LogP contribution in [-0.4, -0.2) is 20.9 Å². The first-order chi connectivity index (χ1) is 11.5. The SMILES string of the molecule is Cc1ccc(NC(=O)c2nnn(-c3cccc(Cl)c3)c2C)cc1C. The second-order valence-corrected chi connectivity index (χ2v) is 6.10. The minimum absolute atomic E-state index is 0.285. The zero-order chi connectivity index (χ0) is 17.3. The van der Waals surface area contributed by atoms with Crippen molar-refractivity contribution in [2.75, 3.05) is 5.32 Å². The highest BCUT2D eigenvalue weighted by molar-refractivity contribution is 6.30. The summed E-state index contributed by atoms with van der Waals surface area (Å²) in [6.07, 6.45) is 0. The second kappa shape index (κ2) is 6.45. The Morgan fingerprint density at radius 1 is 1.08 bits per heavy atom. The van der Waals surface area contributed by atoms with Gasteiger partial charge in [-0.25, -0.2) is 4.68 Å². The zero-order valence-electron chi connectivity index (χ0n) is 13.7. The number of rotatable bonds is 3. The molecule has 0 atom stereocenters. The predicted octanol–water partition coefficient (Wildman–Crippen LogP) is 4.10. The third-order valence-electron chi connectivity index (χ3n) is 3.93. The molecule has 0 saturated carbocycles. The molecule has 2 aromatic carbocycles. The van der Waals surface area contributed by atoms with Crippen LogP contribution >= 0.6 is 11.6 Å². The minimum Gasteiger partial charge on any atom is -0.321 e. The Hall–Kier alpha value is -2.66. The number of aryl methyl sites for hydroxylation is 2. The number of aromatic nitrogens is 3. The summed E-state index contributed by atoms with van der Waals surface area (Å²) in [7, 11) is 0. The first kappa shape index (κ1) is 16.2. The normalized spacial score (nSPS) is 10.7. The molecule has 0 unspecified atom stereocenters. The molecule has 1 N–H and O–H groups in total. The number of nitrogens with zero attached hydrogens (tertiary/aromatic N) is 3. The van der Waals surface area contributed by atoms with Gasteiger partial charge in [0.15, 0.2) is 5.69 Å². The quantitative estimate of drug-likeness (QED) is 0.781. The van der Waals surface area contributed by atoms with E-state index in [2.05, 4.69) is 15.6 Å². The molecule has 1 heterocycles. The lowest BCUT2D eigenvalue weighted by atomic mass is 10.1. The van der Waals surface area contributed by atoms with Gasteiger partial charge in [-0.15, -0.1) is 5.10 Å². The molecule has 3 aromatic rings. The summed E-state index contributed by atoms with van der Waals surface area (Å²) < 4.78 is 1.60. The van der Waals surface area contributed by atoms with Gasteiger partial charge in [0.1, 0.15) is 0 Å². The summed E-state index contributed by atoms with van der Waals surface area (Å²) in [5.74, 6) is -0.288. The van der Waals surface area contributed by atoms with Crippen LogP contribution in [0, 0.1) is 20.8 Å². The summed E-state index contributed by atoms with van der Waals surface area (Å²) in [5, 5.41) is 11.5. The standard InChI is InChI=1S/C18H17ClN4O/c1-11-7-8-15(9-12(11)2)20-18(24)17-13(3)23(22-21-17)16-6-4-5-14(19)10-16/h4-10H,1-3H3,(H,20,24). The highest BCUT2D eigenvalue weighted by atomic mass is 35.5. The fourth-order valence-electron chi connectivity index (χ4n) is 2.40. The van der Waals surface area contributed by atoms with Crippen LogP contribution in [0.1, 0.15) is 27.3 Å². The summed E-state index contributed by atoms with van der Waals surface area (Å²) >= 11 is 6.01. The highest BCUT2D eigenvalue weighted by Gasteiger charge is 2.17. The van der Waals surface area contributed by atoms with E-state index in [1.54, 1.807) is 23.7 Å². The van der Waals surface area contributed by atoms with Crippen molar-refractivity contribution < 1.29 is 4.79 Å². The molecule has 0 aliphatic carbocycles. The largest absolute Gasteiger partial charge is 0.321 e. The van der Waals surface area contributed by atoms with E-state index in [-0.39, 0.29) is 11.6 Å². The molecule has 5 nitrogen and oxygen atoms in total. The molecule has 3 rings (SSSR count). The molecule has 0 spiro atoms. The molecule has 0 aliphatic rings. The molecule has 24 heavy (non-hydrogen) atoms. The number of anilines is 1. The van der Waals surface area contributed by atoms with E-state index in [9.17, 15) is 4.79 Å². The molecule has 0 bridgehead atoms. The van der Waals surface area contributed by atoms with Gasteiger partial charge in [-0.3, -0.25) is 4.79 Å². The predicted molar refractivity (Wildman–Crippen MR) is 95.0 cm³/mol. The Labute approximate surface area is 145 Å². The summed E-state index contributed by atoms with van der Waals surface area (Å²) in [6, 6.07) is 13.0. The van der Waals surface area contributed by atoms with E-state index in [0.29, 0.717) is 10.7 Å². The van der Waals surface area contributed by atoms with Gasteiger partial charge in [-0.05, 0) is 62.2 Å². The number of hydrogen-bond donors (Lipinski definition) is 1. The Balaban J connectivity index is 1.87. The minimum atomic E-state index is -0.288. The average Bonchev–Trinajstić information content (AvgIpc) is 2.93. The molecular weight excluding hydrogens is 324 g/mol. The summed E-state index contributed by atoms with van der Waals surface area (Å²) in [4.78, 5) is 12.5. The average molecular weight is 341 g/mol. The van der Waals surface area contributed by atoms with Crippen molar-refractivity contribution >= 4 is 23.2 Å². The summed E-state index contributed by atoms with van der Waals surface area (Å²) in [5.41, 5.74) is 4.73. The van der Waals surface area contributed by atoms with Crippen molar-refractivity contribution in [3.05, 3.63) is 70.0 Å². The third kappa shape index (κ3) is 3.16. The maximum atomic E-state index is 12.5. The van der Waals surface area contributed by atoms with Crippen molar-refractivity contribution in [1.29, 1.82) is 0 Å². The van der Waals surface area contributed by atoms with Gasteiger partial charge in [0.2, 0.25) is 0 Å². The lowest BCUT2D eigenvalue weighted by Crippen LogP contribution is -2.14. The molecule has 1 amide bonds. The molecule has 0 saturated heterocycles. The Morgan fingerprint density at radius 2 is 1.88 bits per heavy atom. The summed E-state index contributed by atoms with van der Waals surface area (Å²) in [6.45, 7) is 5.84. The molecule has 0 radical (unpaired) electrons. The van der Waals surface area contributed by atoms with Gasteiger partial charge < -0.3 is 5.32 Å². The van der Waals surface area contributed by atoms with Gasteiger partial charge in [0.25, 0.3) is 5.91 Å². The molecular formula is C18H17ClN4O. The number of hydrogen-bond acceptors (Lipinski definition) is 3. The van der Waals surface area contributed by atoms with E-state index in [0.717, 1.165) is 16.9 Å². The maximum Gasteiger partial charge on any atom is 0.278 e. The van der Waals surface area contributed by atoms with Crippen LogP contribution in [0.5, 0.6) is 0 Å². The third-order valence-corrected chi connectivity index (χ3v) is 4.16. The molecule has 0 aliphatic heterocycles. The van der Waals surface area contributed by atoms with Gasteiger partial charge >= 0.3 is 0 Å². The van der Waals surface area contributed by atoms with Crippen LogP contribution in [0.15, 0.2) is 42.5 Å². The number of amides is 1. The first-order valence-corrected chi connectivity index (χ1v) is 7.90. The zero-order valence-corrected chi connectivity index (χ0v) is 14.4. The second-order valence-electron chi connectivity index (χ2n) is 5.67. The molecule has 0 fully saturated rings.